The summed E-state index contributed by atoms with van der Waals surface area (Å²) in [6.07, 6.45) is 7.04. The molecule has 3 aromatic carbocycles. The third-order valence-electron chi connectivity index (χ3n) is 7.01. The van der Waals surface area contributed by atoms with Crippen LogP contribution in [-0.4, -0.2) is 11.7 Å². The summed E-state index contributed by atoms with van der Waals surface area (Å²) in [5.41, 5.74) is 1.94. The molecule has 37 heavy (non-hydrogen) atoms. The Balaban J connectivity index is 1.41. The van der Waals surface area contributed by atoms with Gasteiger partial charge in [0.15, 0.2) is 23.2 Å². The Morgan fingerprint density at radius 2 is 1.59 bits per heavy atom. The molecule has 1 unspecified atom stereocenters. The monoisotopic (exact) mass is 510 g/mol. The fraction of sp³-hybridized carbons (Fsp3) is 0.290. The molecule has 1 aliphatic rings. The number of ether oxygens (including phenoxy) is 1. The van der Waals surface area contributed by atoms with Crippen molar-refractivity contribution in [1.82, 2.24) is 0 Å². The molecule has 0 spiro atoms. The lowest BCUT2D eigenvalue weighted by molar-refractivity contribution is 0.199. The van der Waals surface area contributed by atoms with Crippen LogP contribution in [-0.2, 0) is 0 Å². The van der Waals surface area contributed by atoms with Gasteiger partial charge in [0, 0.05) is 11.1 Å². The second-order valence-corrected chi connectivity index (χ2v) is 9.48. The lowest BCUT2D eigenvalue weighted by Gasteiger charge is -2.27. The van der Waals surface area contributed by atoms with Crippen LogP contribution in [0.5, 0.6) is 5.75 Å². The zero-order chi connectivity index (χ0) is 26.5. The van der Waals surface area contributed by atoms with E-state index in [1.54, 1.807) is 49.4 Å². The van der Waals surface area contributed by atoms with E-state index in [0.717, 1.165) is 12.8 Å². The Morgan fingerprint density at radius 1 is 0.892 bits per heavy atom. The van der Waals surface area contributed by atoms with Gasteiger partial charge in [-0.3, -0.25) is 0 Å². The molecule has 0 saturated heterocycles. The highest BCUT2D eigenvalue weighted by atomic mass is 19.2. The van der Waals surface area contributed by atoms with Crippen LogP contribution in [0.15, 0.2) is 67.3 Å². The van der Waals surface area contributed by atoms with E-state index in [-0.39, 0.29) is 35.3 Å². The van der Waals surface area contributed by atoms with Gasteiger partial charge in [-0.2, -0.15) is 4.39 Å². The van der Waals surface area contributed by atoms with Gasteiger partial charge in [0.1, 0.15) is 6.61 Å². The van der Waals surface area contributed by atoms with Crippen LogP contribution in [0.25, 0.3) is 17.2 Å². The first-order valence-corrected chi connectivity index (χ1v) is 12.5. The molecule has 3 aromatic rings. The first-order chi connectivity index (χ1) is 17.8. The van der Waals surface area contributed by atoms with Crippen molar-refractivity contribution in [2.24, 2.45) is 5.92 Å². The SMILES string of the molecule is C=CCOc1ccc(/C=C/C2CCC(c3ccc(-c4ccc(C(C)O)cc4)c(F)c3F)CC2)c(F)c1F. The van der Waals surface area contributed by atoms with Gasteiger partial charge in [0.2, 0.25) is 5.82 Å². The first kappa shape index (κ1) is 26.7. The molecule has 194 valence electrons. The van der Waals surface area contributed by atoms with Crippen LogP contribution in [0.1, 0.15) is 61.3 Å². The predicted molar refractivity (Wildman–Crippen MR) is 138 cm³/mol. The Morgan fingerprint density at radius 3 is 2.24 bits per heavy atom. The second-order valence-electron chi connectivity index (χ2n) is 9.48. The molecular formula is C31H30F4O2. The number of hydrogen-bond acceptors (Lipinski definition) is 2. The zero-order valence-electron chi connectivity index (χ0n) is 20.7. The lowest BCUT2D eigenvalue weighted by atomic mass is 9.78. The molecule has 0 amide bonds. The lowest BCUT2D eigenvalue weighted by Crippen LogP contribution is -2.13. The van der Waals surface area contributed by atoms with E-state index >= 15 is 4.39 Å². The van der Waals surface area contributed by atoms with Crippen molar-refractivity contribution in [3.05, 3.63) is 107 Å². The van der Waals surface area contributed by atoms with Gasteiger partial charge in [-0.25, -0.2) is 13.2 Å². The molecule has 0 bridgehead atoms. The minimum atomic E-state index is -1.03. The van der Waals surface area contributed by atoms with E-state index in [1.807, 2.05) is 6.08 Å². The van der Waals surface area contributed by atoms with Crippen LogP contribution in [0, 0.1) is 29.2 Å². The Bertz CT molecular complexity index is 1270. The minimum Gasteiger partial charge on any atom is -0.486 e. The molecule has 4 rings (SSSR count). The van der Waals surface area contributed by atoms with E-state index < -0.39 is 29.4 Å². The van der Waals surface area contributed by atoms with Crippen LogP contribution in [0.3, 0.4) is 0 Å². The number of allylic oxidation sites excluding steroid dienone is 1. The van der Waals surface area contributed by atoms with Crippen LogP contribution >= 0.6 is 0 Å². The summed E-state index contributed by atoms with van der Waals surface area (Å²) in [4.78, 5) is 0. The van der Waals surface area contributed by atoms with E-state index in [9.17, 15) is 18.3 Å². The van der Waals surface area contributed by atoms with Crippen LogP contribution < -0.4 is 4.74 Å². The first-order valence-electron chi connectivity index (χ1n) is 12.5. The van der Waals surface area contributed by atoms with Gasteiger partial charge in [0.05, 0.1) is 6.10 Å². The predicted octanol–water partition coefficient (Wildman–Crippen LogP) is 8.52. The molecule has 1 aliphatic carbocycles. The van der Waals surface area contributed by atoms with Crippen LogP contribution in [0.2, 0.25) is 0 Å². The van der Waals surface area contributed by atoms with Crippen molar-refractivity contribution in [2.75, 3.05) is 6.61 Å². The zero-order valence-corrected chi connectivity index (χ0v) is 20.7. The molecule has 0 radical (unpaired) electrons. The Labute approximate surface area is 214 Å². The number of rotatable bonds is 8. The summed E-state index contributed by atoms with van der Waals surface area (Å²) in [6.45, 7) is 5.21. The van der Waals surface area contributed by atoms with Gasteiger partial charge < -0.3 is 9.84 Å². The quantitative estimate of drug-likeness (QED) is 0.243. The largest absolute Gasteiger partial charge is 0.486 e. The minimum absolute atomic E-state index is 0.0824. The molecule has 2 nitrogen and oxygen atoms in total. The maximum absolute atomic E-state index is 15.1. The van der Waals surface area contributed by atoms with Gasteiger partial charge in [-0.05, 0) is 73.3 Å². The van der Waals surface area contributed by atoms with Gasteiger partial charge in [-0.15, -0.1) is 0 Å². The fourth-order valence-electron chi connectivity index (χ4n) is 4.84. The highest BCUT2D eigenvalue weighted by Crippen LogP contribution is 2.39. The maximum Gasteiger partial charge on any atom is 0.201 e. The topological polar surface area (TPSA) is 29.5 Å². The van der Waals surface area contributed by atoms with E-state index in [1.165, 1.54) is 18.2 Å². The molecule has 0 heterocycles. The molecule has 1 atom stereocenters. The third kappa shape index (κ3) is 5.96. The van der Waals surface area contributed by atoms with Gasteiger partial charge in [0.25, 0.3) is 0 Å². The van der Waals surface area contributed by atoms with E-state index in [2.05, 4.69) is 6.58 Å². The average Bonchev–Trinajstić information content (AvgIpc) is 2.91. The fourth-order valence-corrected chi connectivity index (χ4v) is 4.84. The summed E-state index contributed by atoms with van der Waals surface area (Å²) in [7, 11) is 0. The number of halogens is 4. The summed E-state index contributed by atoms with van der Waals surface area (Å²) >= 11 is 0. The smallest absolute Gasteiger partial charge is 0.201 e. The Hall–Kier alpha value is -3.38. The summed E-state index contributed by atoms with van der Waals surface area (Å²) in [6, 6.07) is 12.9. The van der Waals surface area contributed by atoms with Crippen molar-refractivity contribution in [2.45, 2.75) is 44.6 Å². The van der Waals surface area contributed by atoms with Gasteiger partial charge >= 0.3 is 0 Å². The van der Waals surface area contributed by atoms with Crippen molar-refractivity contribution >= 4 is 6.08 Å². The number of hydrogen-bond donors (Lipinski definition) is 1. The van der Waals surface area contributed by atoms with E-state index in [0.29, 0.717) is 29.5 Å². The van der Waals surface area contributed by atoms with Crippen molar-refractivity contribution in [3.63, 3.8) is 0 Å². The molecule has 1 N–H and O–H groups in total. The maximum atomic E-state index is 15.1. The summed E-state index contributed by atoms with van der Waals surface area (Å²) in [5, 5.41) is 9.66. The molecule has 0 aliphatic heterocycles. The van der Waals surface area contributed by atoms with Gasteiger partial charge in [-0.1, -0.05) is 61.2 Å². The standard InChI is InChI=1S/C31H30F4O2/c1-3-18-37-27-17-14-24(28(32)31(27)35)9-6-20-4-7-22(8-5-20)25-15-16-26(30(34)29(25)33)23-12-10-21(11-13-23)19(2)36/h3,6,9-17,19-20,22,36H,1,4-5,7-8,18H2,2H3/b9-6+. The Kier molecular flexibility index (Phi) is 8.49. The van der Waals surface area contributed by atoms with Crippen molar-refractivity contribution in [1.29, 1.82) is 0 Å². The molecule has 6 heteroatoms. The third-order valence-corrected chi connectivity index (χ3v) is 7.01. The normalized spacial score (nSPS) is 18.6. The highest BCUT2D eigenvalue weighted by Gasteiger charge is 2.26. The molecule has 1 fully saturated rings. The molecule has 1 saturated carbocycles. The highest BCUT2D eigenvalue weighted by molar-refractivity contribution is 5.65. The molecule has 0 aromatic heterocycles. The van der Waals surface area contributed by atoms with E-state index in [4.69, 9.17) is 4.74 Å². The van der Waals surface area contributed by atoms with Crippen LogP contribution in [0.4, 0.5) is 17.6 Å². The summed E-state index contributed by atoms with van der Waals surface area (Å²) in [5.74, 6) is -3.84. The number of aliphatic hydroxyl groups excluding tert-OH is 1. The van der Waals surface area contributed by atoms with Crippen molar-refractivity contribution in [3.8, 4) is 16.9 Å². The second kappa shape index (κ2) is 11.8. The number of benzene rings is 3. The van der Waals surface area contributed by atoms with Crippen molar-refractivity contribution < 1.29 is 27.4 Å². The number of aliphatic hydroxyl groups is 1. The average molecular weight is 511 g/mol. The molecular weight excluding hydrogens is 480 g/mol. The summed E-state index contributed by atoms with van der Waals surface area (Å²) < 4.78 is 63.8.